The molecular weight excluding hydrogens is 511 g/mol. The van der Waals surface area contributed by atoms with Gasteiger partial charge in [-0.15, -0.1) is 0 Å². The number of rotatable bonds is 4. The third kappa shape index (κ3) is 5.77. The van der Waals surface area contributed by atoms with Gasteiger partial charge in [-0.25, -0.2) is 34.4 Å². The Hall–Kier alpha value is -1.57. The molecule has 0 fully saturated rings. The molecule has 0 bridgehead atoms. The Balaban J connectivity index is 0.000000867. The van der Waals surface area contributed by atoms with E-state index in [2.05, 4.69) is 24.0 Å². The van der Waals surface area contributed by atoms with Crippen molar-refractivity contribution in [2.24, 2.45) is 7.05 Å². The van der Waals surface area contributed by atoms with Crippen LogP contribution in [0.4, 0.5) is 39.5 Å². The third-order valence-electron chi connectivity index (χ3n) is 2.92. The molecule has 0 saturated carbocycles. The number of alkyl halides is 9. The van der Waals surface area contributed by atoms with Crippen LogP contribution in [0.5, 0.6) is 0 Å². The molecule has 0 aliphatic heterocycles. The van der Waals surface area contributed by atoms with Gasteiger partial charge in [0.1, 0.15) is 12.4 Å². The fraction of sp³-hybridized carbons (Fsp3) is 0.700. The summed E-state index contributed by atoms with van der Waals surface area (Å²) < 4.78 is 171. The molecule has 1 aromatic heterocycles. The minimum absolute atomic E-state index is 1.06. The van der Waals surface area contributed by atoms with Crippen molar-refractivity contribution in [2.75, 3.05) is 0 Å². The Bertz CT molecular complexity index is 945. The minimum atomic E-state index is -7.94. The van der Waals surface area contributed by atoms with E-state index in [-0.39, 0.29) is 0 Å². The van der Waals surface area contributed by atoms with Crippen molar-refractivity contribution in [1.29, 1.82) is 0 Å². The number of aromatic nitrogens is 2. The number of aryl methyl sites for hydroxylation is 2. The van der Waals surface area contributed by atoms with Crippen LogP contribution < -0.4 is 4.57 Å². The largest absolute Gasteiger partial charge is 0.499 e. The predicted octanol–water partition coefficient (Wildman–Crippen LogP) is 1.41. The van der Waals surface area contributed by atoms with Crippen molar-refractivity contribution in [2.45, 2.75) is 33.9 Å². The van der Waals surface area contributed by atoms with Gasteiger partial charge in [-0.2, -0.15) is 39.5 Å². The molecular formula is C10H12F9N2O6S3+. The summed E-state index contributed by atoms with van der Waals surface area (Å²) in [7, 11) is -21.8. The van der Waals surface area contributed by atoms with E-state index in [1.54, 1.807) is 0 Å². The summed E-state index contributed by atoms with van der Waals surface area (Å²) in [6.07, 6.45) is 6.14. The SMILES string of the molecule is CCn1cc[n+](C)c1.O=S(=O)(C(S(=O)(=O)C(F)(F)F)S(=O)(=O)C(F)(F)F)C(F)(F)F. The van der Waals surface area contributed by atoms with E-state index in [1.807, 2.05) is 17.8 Å². The molecule has 0 unspecified atom stereocenters. The minimum Gasteiger partial charge on any atom is -0.240 e. The van der Waals surface area contributed by atoms with E-state index < -0.39 is 50.0 Å². The highest BCUT2D eigenvalue weighted by molar-refractivity contribution is 8.24. The number of halogens is 9. The maximum absolute atomic E-state index is 12.1. The van der Waals surface area contributed by atoms with Gasteiger partial charge in [-0.05, 0) is 6.92 Å². The van der Waals surface area contributed by atoms with Gasteiger partial charge in [-0.1, -0.05) is 0 Å². The van der Waals surface area contributed by atoms with Crippen molar-refractivity contribution in [3.63, 3.8) is 0 Å². The molecule has 1 rings (SSSR count). The van der Waals surface area contributed by atoms with Crippen LogP contribution in [0.2, 0.25) is 0 Å². The fourth-order valence-corrected chi connectivity index (χ4v) is 8.14. The first-order valence-corrected chi connectivity index (χ1v) is 11.5. The molecule has 30 heavy (non-hydrogen) atoms. The average molecular weight is 523 g/mol. The second kappa shape index (κ2) is 8.52. The van der Waals surface area contributed by atoms with Crippen molar-refractivity contribution in [1.82, 2.24) is 4.57 Å². The second-order valence-corrected chi connectivity index (χ2v) is 12.1. The topological polar surface area (TPSA) is 111 Å². The molecule has 1 heterocycles. The average Bonchev–Trinajstić information content (AvgIpc) is 2.89. The highest BCUT2D eigenvalue weighted by Crippen LogP contribution is 2.42. The number of hydrogen-bond acceptors (Lipinski definition) is 6. The van der Waals surface area contributed by atoms with Gasteiger partial charge in [0.05, 0.1) is 13.6 Å². The molecule has 0 amide bonds. The first-order valence-electron chi connectivity index (χ1n) is 6.86. The van der Waals surface area contributed by atoms with E-state index in [0.717, 1.165) is 6.54 Å². The first-order chi connectivity index (χ1) is 12.9. The van der Waals surface area contributed by atoms with E-state index in [0.29, 0.717) is 0 Å². The Labute approximate surface area is 163 Å². The summed E-state index contributed by atoms with van der Waals surface area (Å²) in [5.74, 6) is 0. The molecule has 1 aromatic rings. The second-order valence-electron chi connectivity index (χ2n) is 5.17. The fourth-order valence-electron chi connectivity index (χ4n) is 1.52. The molecule has 0 aromatic carbocycles. The zero-order valence-electron chi connectivity index (χ0n) is 14.5. The van der Waals surface area contributed by atoms with Crippen LogP contribution >= 0.6 is 0 Å². The highest BCUT2D eigenvalue weighted by Gasteiger charge is 2.73. The van der Waals surface area contributed by atoms with Gasteiger partial charge >= 0.3 is 16.5 Å². The van der Waals surface area contributed by atoms with Crippen LogP contribution in [0.1, 0.15) is 6.92 Å². The van der Waals surface area contributed by atoms with E-state index in [1.165, 1.54) is 0 Å². The molecule has 0 aliphatic carbocycles. The summed E-state index contributed by atoms with van der Waals surface area (Å²) >= 11 is 0. The summed E-state index contributed by atoms with van der Waals surface area (Å²) in [5.41, 5.74) is -21.1. The monoisotopic (exact) mass is 523 g/mol. The van der Waals surface area contributed by atoms with Crippen LogP contribution in [0.3, 0.4) is 0 Å². The normalized spacial score (nSPS) is 14.4. The summed E-state index contributed by atoms with van der Waals surface area (Å²) in [6.45, 7) is 3.18. The quantitative estimate of drug-likeness (QED) is 0.436. The Morgan fingerprint density at radius 1 is 0.767 bits per heavy atom. The molecule has 0 radical (unpaired) electrons. The van der Waals surface area contributed by atoms with E-state index in [9.17, 15) is 64.8 Å². The maximum atomic E-state index is 12.1. The van der Waals surface area contributed by atoms with Crippen molar-refractivity contribution in [3.8, 4) is 0 Å². The van der Waals surface area contributed by atoms with Crippen molar-refractivity contribution < 1.29 is 69.3 Å². The van der Waals surface area contributed by atoms with Gasteiger partial charge in [0.15, 0.2) is 0 Å². The lowest BCUT2D eigenvalue weighted by Gasteiger charge is -2.21. The first kappa shape index (κ1) is 28.4. The van der Waals surface area contributed by atoms with E-state index >= 15 is 0 Å². The highest BCUT2D eigenvalue weighted by atomic mass is 32.3. The van der Waals surface area contributed by atoms with Gasteiger partial charge < -0.3 is 0 Å². The van der Waals surface area contributed by atoms with Crippen LogP contribution in [0.25, 0.3) is 0 Å². The predicted molar refractivity (Wildman–Crippen MR) is 80.0 cm³/mol. The zero-order valence-corrected chi connectivity index (χ0v) is 16.9. The van der Waals surface area contributed by atoms with Crippen LogP contribution in [0.15, 0.2) is 18.7 Å². The van der Waals surface area contributed by atoms with Crippen LogP contribution in [-0.4, -0.2) is 50.3 Å². The van der Waals surface area contributed by atoms with Gasteiger partial charge in [0.2, 0.25) is 6.33 Å². The Morgan fingerprint density at radius 3 is 1.20 bits per heavy atom. The van der Waals surface area contributed by atoms with Crippen molar-refractivity contribution >= 4 is 29.5 Å². The lowest BCUT2D eigenvalue weighted by atomic mass is 10.7. The molecule has 8 nitrogen and oxygen atoms in total. The Morgan fingerprint density at radius 2 is 1.07 bits per heavy atom. The Kier molecular flexibility index (Phi) is 8.07. The van der Waals surface area contributed by atoms with Gasteiger partial charge in [-0.3, -0.25) is 0 Å². The number of imidazole rings is 1. The lowest BCUT2D eigenvalue weighted by molar-refractivity contribution is -0.671. The number of hydrogen-bond donors (Lipinski definition) is 0. The van der Waals surface area contributed by atoms with Crippen LogP contribution in [0, 0.1) is 0 Å². The summed E-state index contributed by atoms with van der Waals surface area (Å²) in [5, 5.41) is 0. The number of nitrogens with zero attached hydrogens (tertiary/aromatic N) is 2. The summed E-state index contributed by atoms with van der Waals surface area (Å²) in [6, 6.07) is 0. The number of sulfone groups is 3. The third-order valence-corrected chi connectivity index (χ3v) is 10.9. The lowest BCUT2D eigenvalue weighted by Crippen LogP contribution is -2.52. The standard InChI is InChI=1S/C6H11N2.C4HF9O6S3/c1-3-8-5-4-7(2)6-8;5-2(6,7)20(14,15)1(21(16,17)3(8,9)10)22(18,19)4(11,12)13/h4-6H,3H2,1-2H3;1H/q+1;. The maximum Gasteiger partial charge on any atom is 0.499 e. The molecule has 0 N–H and O–H groups in total. The van der Waals surface area contributed by atoms with Crippen LogP contribution in [-0.2, 0) is 43.1 Å². The smallest absolute Gasteiger partial charge is 0.240 e. The molecule has 20 heteroatoms. The van der Waals surface area contributed by atoms with Gasteiger partial charge in [0.25, 0.3) is 33.4 Å². The molecule has 0 spiro atoms. The molecule has 178 valence electrons. The van der Waals surface area contributed by atoms with E-state index in [4.69, 9.17) is 0 Å². The molecule has 0 atom stereocenters. The van der Waals surface area contributed by atoms with Crippen molar-refractivity contribution in [3.05, 3.63) is 18.7 Å². The molecule has 0 saturated heterocycles. The van der Waals surface area contributed by atoms with Gasteiger partial charge in [0, 0.05) is 0 Å². The summed E-state index contributed by atoms with van der Waals surface area (Å²) in [4.78, 5) is 0. The zero-order chi connectivity index (χ0) is 24.6. The molecule has 0 aliphatic rings.